The Labute approximate surface area is 105 Å². The number of halogens is 1. The molecule has 0 saturated carbocycles. The molecule has 2 aliphatic heterocycles. The van der Waals surface area contributed by atoms with Gasteiger partial charge in [-0.3, -0.25) is 0 Å². The maximum atomic E-state index is 13.1. The lowest BCUT2D eigenvalue weighted by molar-refractivity contribution is -0.145. The van der Waals surface area contributed by atoms with E-state index >= 15 is 0 Å². The summed E-state index contributed by atoms with van der Waals surface area (Å²) >= 11 is 0. The summed E-state index contributed by atoms with van der Waals surface area (Å²) < 4.78 is 30.1. The maximum absolute atomic E-state index is 13.1. The van der Waals surface area contributed by atoms with Gasteiger partial charge in [0, 0.05) is 5.56 Å². The molecule has 0 amide bonds. The van der Waals surface area contributed by atoms with Crippen molar-refractivity contribution in [3.63, 3.8) is 0 Å². The van der Waals surface area contributed by atoms with Gasteiger partial charge in [0.05, 0.1) is 6.61 Å². The predicted octanol–water partition coefficient (Wildman–Crippen LogP) is 2.75. The Hall–Kier alpha value is -1.39. The second-order valence-electron chi connectivity index (χ2n) is 4.99. The van der Waals surface area contributed by atoms with Crippen molar-refractivity contribution >= 4 is 6.08 Å². The first-order valence-electron chi connectivity index (χ1n) is 6.00. The number of hydrogen-bond acceptors (Lipinski definition) is 3. The Balaban J connectivity index is 1.78. The molecule has 3 rings (SSSR count). The first-order chi connectivity index (χ1) is 8.53. The van der Waals surface area contributed by atoms with Crippen LogP contribution in [0.3, 0.4) is 0 Å². The molecule has 4 heteroatoms. The molecule has 0 N–H and O–H groups in total. The van der Waals surface area contributed by atoms with E-state index in [1.807, 2.05) is 26.0 Å². The van der Waals surface area contributed by atoms with Crippen LogP contribution < -0.4 is 4.74 Å². The molecule has 2 atom stereocenters. The lowest BCUT2D eigenvalue weighted by Crippen LogP contribution is -2.34. The normalized spacial score (nSPS) is 28.8. The van der Waals surface area contributed by atoms with Crippen molar-refractivity contribution in [2.24, 2.45) is 0 Å². The highest BCUT2D eigenvalue weighted by atomic mass is 19.1. The van der Waals surface area contributed by atoms with E-state index in [2.05, 4.69) is 0 Å². The summed E-state index contributed by atoms with van der Waals surface area (Å²) in [6.07, 6.45) is 3.43. The van der Waals surface area contributed by atoms with Crippen LogP contribution in [0, 0.1) is 5.82 Å². The zero-order chi connectivity index (χ0) is 12.8. The van der Waals surface area contributed by atoms with Crippen molar-refractivity contribution in [1.82, 2.24) is 0 Å². The SMILES string of the molecule is CC1(C)OC[C@@H]([C@H]2C=Cc3cc(F)ccc3O2)O1. The van der Waals surface area contributed by atoms with Crippen LogP contribution in [0.25, 0.3) is 6.08 Å². The molecule has 1 aromatic carbocycles. The Morgan fingerprint density at radius 1 is 1.33 bits per heavy atom. The first kappa shape index (κ1) is 11.7. The van der Waals surface area contributed by atoms with E-state index in [9.17, 15) is 4.39 Å². The Kier molecular flexibility index (Phi) is 2.64. The Morgan fingerprint density at radius 2 is 2.17 bits per heavy atom. The molecule has 2 aliphatic rings. The molecule has 0 radical (unpaired) electrons. The van der Waals surface area contributed by atoms with Gasteiger partial charge in [-0.15, -0.1) is 0 Å². The van der Waals surface area contributed by atoms with E-state index in [0.717, 1.165) is 5.56 Å². The van der Waals surface area contributed by atoms with Gasteiger partial charge in [-0.25, -0.2) is 4.39 Å². The highest BCUT2D eigenvalue weighted by Crippen LogP contribution is 2.32. The molecule has 0 unspecified atom stereocenters. The zero-order valence-corrected chi connectivity index (χ0v) is 10.4. The first-order valence-corrected chi connectivity index (χ1v) is 6.00. The monoisotopic (exact) mass is 250 g/mol. The van der Waals surface area contributed by atoms with Crippen molar-refractivity contribution in [1.29, 1.82) is 0 Å². The number of benzene rings is 1. The van der Waals surface area contributed by atoms with Gasteiger partial charge in [-0.05, 0) is 38.1 Å². The molecule has 2 heterocycles. The number of ether oxygens (including phenoxy) is 3. The van der Waals surface area contributed by atoms with E-state index in [4.69, 9.17) is 14.2 Å². The van der Waals surface area contributed by atoms with Crippen LogP contribution in [0.2, 0.25) is 0 Å². The van der Waals surface area contributed by atoms with E-state index in [1.165, 1.54) is 12.1 Å². The molecule has 0 aliphatic carbocycles. The predicted molar refractivity (Wildman–Crippen MR) is 64.8 cm³/mol. The maximum Gasteiger partial charge on any atom is 0.163 e. The van der Waals surface area contributed by atoms with Crippen LogP contribution in [0.15, 0.2) is 24.3 Å². The summed E-state index contributed by atoms with van der Waals surface area (Å²) in [6, 6.07) is 4.49. The molecule has 96 valence electrons. The van der Waals surface area contributed by atoms with Crippen LogP contribution in [-0.2, 0) is 9.47 Å². The van der Waals surface area contributed by atoms with Crippen LogP contribution in [0.1, 0.15) is 19.4 Å². The van der Waals surface area contributed by atoms with Gasteiger partial charge in [0.2, 0.25) is 0 Å². The van der Waals surface area contributed by atoms with Crippen molar-refractivity contribution in [3.05, 3.63) is 35.7 Å². The Morgan fingerprint density at radius 3 is 2.89 bits per heavy atom. The zero-order valence-electron chi connectivity index (χ0n) is 10.4. The molecule has 1 aromatic rings. The minimum atomic E-state index is -0.565. The molecule has 0 aromatic heterocycles. The molecule has 3 nitrogen and oxygen atoms in total. The fourth-order valence-electron chi connectivity index (χ4n) is 2.22. The average Bonchev–Trinajstić information content (AvgIpc) is 2.69. The fourth-order valence-corrected chi connectivity index (χ4v) is 2.22. The molecular weight excluding hydrogens is 235 g/mol. The summed E-state index contributed by atoms with van der Waals surface area (Å²) in [5, 5.41) is 0. The van der Waals surface area contributed by atoms with Crippen molar-refractivity contribution < 1.29 is 18.6 Å². The highest BCUT2D eigenvalue weighted by molar-refractivity contribution is 5.60. The van der Waals surface area contributed by atoms with Gasteiger partial charge in [-0.2, -0.15) is 0 Å². The van der Waals surface area contributed by atoms with Gasteiger partial charge in [-0.1, -0.05) is 6.08 Å². The minimum Gasteiger partial charge on any atom is -0.483 e. The number of hydrogen-bond donors (Lipinski definition) is 0. The topological polar surface area (TPSA) is 27.7 Å². The summed E-state index contributed by atoms with van der Waals surface area (Å²) in [5.74, 6) is -0.149. The third-order valence-corrected chi connectivity index (χ3v) is 3.10. The highest BCUT2D eigenvalue weighted by Gasteiger charge is 2.38. The van der Waals surface area contributed by atoms with Crippen molar-refractivity contribution in [2.75, 3.05) is 6.61 Å². The van der Waals surface area contributed by atoms with Crippen LogP contribution >= 0.6 is 0 Å². The summed E-state index contributed by atoms with van der Waals surface area (Å²) in [6.45, 7) is 4.25. The lowest BCUT2D eigenvalue weighted by atomic mass is 10.1. The van der Waals surface area contributed by atoms with E-state index in [-0.39, 0.29) is 18.0 Å². The third kappa shape index (κ3) is 2.13. The third-order valence-electron chi connectivity index (χ3n) is 3.10. The molecule has 1 fully saturated rings. The quantitative estimate of drug-likeness (QED) is 0.767. The second-order valence-corrected chi connectivity index (χ2v) is 4.99. The molecule has 1 saturated heterocycles. The van der Waals surface area contributed by atoms with Gasteiger partial charge >= 0.3 is 0 Å². The van der Waals surface area contributed by atoms with Crippen molar-refractivity contribution in [2.45, 2.75) is 31.8 Å². The van der Waals surface area contributed by atoms with Crippen LogP contribution in [0.5, 0.6) is 5.75 Å². The van der Waals surface area contributed by atoms with Gasteiger partial charge < -0.3 is 14.2 Å². The second kappa shape index (κ2) is 4.07. The molecular formula is C14H15FO3. The summed E-state index contributed by atoms with van der Waals surface area (Å²) in [5.41, 5.74) is 0.754. The number of fused-ring (bicyclic) bond motifs is 1. The van der Waals surface area contributed by atoms with Gasteiger partial charge in [0.25, 0.3) is 0 Å². The van der Waals surface area contributed by atoms with Crippen molar-refractivity contribution in [3.8, 4) is 5.75 Å². The largest absolute Gasteiger partial charge is 0.483 e. The minimum absolute atomic E-state index is 0.130. The number of rotatable bonds is 1. The van der Waals surface area contributed by atoms with E-state index in [1.54, 1.807) is 6.07 Å². The lowest BCUT2D eigenvalue weighted by Gasteiger charge is -2.26. The van der Waals surface area contributed by atoms with Crippen LogP contribution in [-0.4, -0.2) is 24.6 Å². The smallest absolute Gasteiger partial charge is 0.163 e. The van der Waals surface area contributed by atoms with Gasteiger partial charge in [0.1, 0.15) is 23.8 Å². The average molecular weight is 250 g/mol. The van der Waals surface area contributed by atoms with E-state index in [0.29, 0.717) is 12.4 Å². The standard InChI is InChI=1S/C14H15FO3/c1-14(2)16-8-13(18-14)12-5-3-9-7-10(15)4-6-11(9)17-12/h3-7,12-13H,8H2,1-2H3/t12-,13+/m1/s1. The van der Waals surface area contributed by atoms with E-state index < -0.39 is 5.79 Å². The molecule has 0 spiro atoms. The molecule has 18 heavy (non-hydrogen) atoms. The van der Waals surface area contributed by atoms with Crippen LogP contribution in [0.4, 0.5) is 4.39 Å². The Bertz CT molecular complexity index is 496. The molecule has 0 bridgehead atoms. The van der Waals surface area contributed by atoms with Gasteiger partial charge in [0.15, 0.2) is 5.79 Å². The fraction of sp³-hybridized carbons (Fsp3) is 0.429. The summed E-state index contributed by atoms with van der Waals surface area (Å²) in [4.78, 5) is 0. The summed E-state index contributed by atoms with van der Waals surface area (Å²) in [7, 11) is 0.